The van der Waals surface area contributed by atoms with Crippen LogP contribution in [0.3, 0.4) is 0 Å². The standard InChI is InChI=1S/C23H22N3/c1-14-9-10-25(4)20(11-14)22-16(3)17-7-5-6-8-18(17)23-19(22)12-21-24-15(2)13-26(21)23/h5-11,13H,12H2,1-4H3/q+1. The van der Waals surface area contributed by atoms with Gasteiger partial charge in [-0.05, 0) is 42.8 Å². The molecule has 3 heteroatoms. The van der Waals surface area contributed by atoms with Crippen LogP contribution in [-0.4, -0.2) is 9.55 Å². The number of aryl methyl sites for hydroxylation is 4. The third-order valence-corrected chi connectivity index (χ3v) is 5.59. The fourth-order valence-corrected chi connectivity index (χ4v) is 4.40. The van der Waals surface area contributed by atoms with Crippen molar-refractivity contribution >= 4 is 10.8 Å². The monoisotopic (exact) mass is 340 g/mol. The SMILES string of the molecule is Cc1cc[n+](C)c(-c2c3c(c4ccccc4c2C)-n2cc(C)nc2C3)c1. The molecular formula is C23H22N3+. The zero-order valence-electron chi connectivity index (χ0n) is 15.7. The van der Waals surface area contributed by atoms with Crippen molar-refractivity contribution < 1.29 is 4.57 Å². The lowest BCUT2D eigenvalue weighted by Gasteiger charge is -2.16. The van der Waals surface area contributed by atoms with E-state index in [1.807, 2.05) is 0 Å². The van der Waals surface area contributed by atoms with E-state index in [1.54, 1.807) is 0 Å². The number of pyridine rings is 1. The van der Waals surface area contributed by atoms with E-state index in [-0.39, 0.29) is 0 Å². The largest absolute Gasteiger partial charge is 0.302 e. The Kier molecular flexibility index (Phi) is 3.11. The number of hydrogen-bond donors (Lipinski definition) is 0. The minimum atomic E-state index is 0.887. The van der Waals surface area contributed by atoms with Crippen molar-refractivity contribution in [2.75, 3.05) is 0 Å². The molecule has 1 aliphatic heterocycles. The maximum absolute atomic E-state index is 4.77. The van der Waals surface area contributed by atoms with Gasteiger partial charge in [0.15, 0.2) is 6.20 Å². The summed E-state index contributed by atoms with van der Waals surface area (Å²) in [6.45, 7) is 6.49. The van der Waals surface area contributed by atoms with E-state index in [0.29, 0.717) is 0 Å². The molecule has 26 heavy (non-hydrogen) atoms. The molecule has 0 unspecified atom stereocenters. The number of nitrogens with zero attached hydrogens (tertiary/aromatic N) is 3. The van der Waals surface area contributed by atoms with Crippen LogP contribution in [0.5, 0.6) is 0 Å². The molecule has 3 nitrogen and oxygen atoms in total. The molecule has 5 rings (SSSR count). The van der Waals surface area contributed by atoms with Gasteiger partial charge in [0.1, 0.15) is 12.9 Å². The maximum Gasteiger partial charge on any atom is 0.213 e. The Morgan fingerprint density at radius 3 is 2.62 bits per heavy atom. The van der Waals surface area contributed by atoms with E-state index >= 15 is 0 Å². The molecule has 0 bridgehead atoms. The highest BCUT2D eigenvalue weighted by molar-refractivity contribution is 6.00. The summed E-state index contributed by atoms with van der Waals surface area (Å²) in [7, 11) is 2.13. The van der Waals surface area contributed by atoms with Crippen LogP contribution in [0, 0.1) is 20.8 Å². The highest BCUT2D eigenvalue weighted by atomic mass is 15.1. The van der Waals surface area contributed by atoms with Gasteiger partial charge in [0.2, 0.25) is 5.69 Å². The van der Waals surface area contributed by atoms with Crippen LogP contribution in [0.15, 0.2) is 48.8 Å². The fraction of sp³-hybridized carbons (Fsp3) is 0.217. The van der Waals surface area contributed by atoms with E-state index in [2.05, 4.69) is 85.7 Å². The van der Waals surface area contributed by atoms with Crippen molar-refractivity contribution in [3.8, 4) is 16.9 Å². The molecule has 0 saturated heterocycles. The van der Waals surface area contributed by atoms with Gasteiger partial charge in [0, 0.05) is 30.1 Å². The Bertz CT molecular complexity index is 1200. The van der Waals surface area contributed by atoms with E-state index in [9.17, 15) is 0 Å². The molecule has 128 valence electrons. The van der Waals surface area contributed by atoms with Crippen molar-refractivity contribution in [3.05, 3.63) is 77.0 Å². The van der Waals surface area contributed by atoms with Crippen LogP contribution in [-0.2, 0) is 13.5 Å². The lowest BCUT2D eigenvalue weighted by atomic mass is 9.90. The predicted molar refractivity (Wildman–Crippen MR) is 105 cm³/mol. The number of benzene rings is 2. The molecule has 3 heterocycles. The van der Waals surface area contributed by atoms with Crippen LogP contribution in [0.4, 0.5) is 0 Å². The molecule has 0 fully saturated rings. The Hall–Kier alpha value is -2.94. The smallest absolute Gasteiger partial charge is 0.213 e. The fourth-order valence-electron chi connectivity index (χ4n) is 4.40. The minimum absolute atomic E-state index is 0.887. The number of rotatable bonds is 1. The summed E-state index contributed by atoms with van der Waals surface area (Å²) in [5.41, 5.74) is 9.04. The van der Waals surface area contributed by atoms with E-state index in [1.165, 1.54) is 44.4 Å². The molecule has 0 spiro atoms. The van der Waals surface area contributed by atoms with Gasteiger partial charge in [0.25, 0.3) is 0 Å². The second-order valence-electron chi connectivity index (χ2n) is 7.42. The molecule has 0 saturated carbocycles. The Labute approximate surface area is 153 Å². The second-order valence-corrected chi connectivity index (χ2v) is 7.42. The van der Waals surface area contributed by atoms with Gasteiger partial charge < -0.3 is 4.57 Å². The number of fused-ring (bicyclic) bond motifs is 5. The molecule has 0 aliphatic carbocycles. The Balaban J connectivity index is 1.96. The van der Waals surface area contributed by atoms with Crippen molar-refractivity contribution in [2.24, 2.45) is 7.05 Å². The summed E-state index contributed by atoms with van der Waals surface area (Å²) in [6, 6.07) is 13.2. The summed E-state index contributed by atoms with van der Waals surface area (Å²) >= 11 is 0. The van der Waals surface area contributed by atoms with Crippen LogP contribution in [0.25, 0.3) is 27.7 Å². The zero-order chi connectivity index (χ0) is 18.0. The van der Waals surface area contributed by atoms with Crippen molar-refractivity contribution in [1.29, 1.82) is 0 Å². The second kappa shape index (κ2) is 5.28. The van der Waals surface area contributed by atoms with E-state index < -0.39 is 0 Å². The van der Waals surface area contributed by atoms with Gasteiger partial charge >= 0.3 is 0 Å². The summed E-state index contributed by atoms with van der Waals surface area (Å²) in [6.07, 6.45) is 5.21. The topological polar surface area (TPSA) is 21.7 Å². The molecule has 4 aromatic rings. The first-order chi connectivity index (χ1) is 12.5. The molecular weight excluding hydrogens is 318 g/mol. The van der Waals surface area contributed by atoms with Crippen LogP contribution >= 0.6 is 0 Å². The summed E-state index contributed by atoms with van der Waals surface area (Å²) in [5, 5.41) is 2.64. The third-order valence-electron chi connectivity index (χ3n) is 5.59. The Morgan fingerprint density at radius 1 is 1.04 bits per heavy atom. The normalized spacial score (nSPS) is 12.5. The lowest BCUT2D eigenvalue weighted by Crippen LogP contribution is -2.31. The van der Waals surface area contributed by atoms with Crippen molar-refractivity contribution in [1.82, 2.24) is 9.55 Å². The highest BCUT2D eigenvalue weighted by Crippen LogP contribution is 2.42. The number of aromatic nitrogens is 3. The first-order valence-corrected chi connectivity index (χ1v) is 9.10. The van der Waals surface area contributed by atoms with Gasteiger partial charge in [0.05, 0.1) is 16.9 Å². The van der Waals surface area contributed by atoms with Crippen molar-refractivity contribution in [2.45, 2.75) is 27.2 Å². The van der Waals surface area contributed by atoms with Crippen LogP contribution < -0.4 is 4.57 Å². The predicted octanol–water partition coefficient (Wildman–Crippen LogP) is 4.35. The molecule has 2 aromatic carbocycles. The molecule has 0 amide bonds. The van der Waals surface area contributed by atoms with E-state index in [0.717, 1.165) is 17.9 Å². The maximum atomic E-state index is 4.77. The number of hydrogen-bond acceptors (Lipinski definition) is 1. The quantitative estimate of drug-likeness (QED) is 0.416. The molecule has 2 aromatic heterocycles. The average molecular weight is 340 g/mol. The van der Waals surface area contributed by atoms with Gasteiger partial charge in [-0.1, -0.05) is 24.3 Å². The lowest BCUT2D eigenvalue weighted by molar-refractivity contribution is -0.660. The van der Waals surface area contributed by atoms with E-state index in [4.69, 9.17) is 4.98 Å². The molecule has 0 N–H and O–H groups in total. The van der Waals surface area contributed by atoms with Crippen molar-refractivity contribution in [3.63, 3.8) is 0 Å². The number of imidazole rings is 1. The molecule has 0 radical (unpaired) electrons. The first-order valence-electron chi connectivity index (χ1n) is 9.10. The highest BCUT2D eigenvalue weighted by Gasteiger charge is 2.30. The third kappa shape index (κ3) is 2.00. The minimum Gasteiger partial charge on any atom is -0.302 e. The van der Waals surface area contributed by atoms with Gasteiger partial charge in [-0.2, -0.15) is 0 Å². The van der Waals surface area contributed by atoms with Gasteiger partial charge in [-0.25, -0.2) is 9.55 Å². The van der Waals surface area contributed by atoms with Gasteiger partial charge in [-0.3, -0.25) is 0 Å². The summed E-state index contributed by atoms with van der Waals surface area (Å²) in [5.74, 6) is 1.14. The summed E-state index contributed by atoms with van der Waals surface area (Å²) < 4.78 is 4.53. The van der Waals surface area contributed by atoms with Gasteiger partial charge in [-0.15, -0.1) is 0 Å². The summed E-state index contributed by atoms with van der Waals surface area (Å²) in [4.78, 5) is 4.77. The zero-order valence-corrected chi connectivity index (χ0v) is 15.7. The average Bonchev–Trinajstić information content (AvgIpc) is 3.14. The Morgan fingerprint density at radius 2 is 1.81 bits per heavy atom. The van der Waals surface area contributed by atoms with Crippen LogP contribution in [0.1, 0.15) is 28.2 Å². The molecule has 0 atom stereocenters. The van der Waals surface area contributed by atoms with Crippen LogP contribution in [0.2, 0.25) is 0 Å². The molecule has 1 aliphatic rings. The first kappa shape index (κ1) is 15.3.